The van der Waals surface area contributed by atoms with Gasteiger partial charge in [0, 0.05) is 12.6 Å². The summed E-state index contributed by atoms with van der Waals surface area (Å²) in [6, 6.07) is 5.99. The highest BCUT2D eigenvalue weighted by atomic mass is 35.5. The molecule has 0 amide bonds. The molecule has 0 saturated heterocycles. The molecule has 20 heavy (non-hydrogen) atoms. The Kier molecular flexibility index (Phi) is 3.93. The molecule has 4 heteroatoms. The lowest BCUT2D eigenvalue weighted by molar-refractivity contribution is 0.158. The second-order valence-corrected chi connectivity index (χ2v) is 6.81. The predicted octanol–water partition coefficient (Wildman–Crippen LogP) is 3.03. The lowest BCUT2D eigenvalue weighted by Crippen LogP contribution is -2.30. The summed E-state index contributed by atoms with van der Waals surface area (Å²) >= 11 is 6.15. The first-order valence-electron chi connectivity index (χ1n) is 7.39. The van der Waals surface area contributed by atoms with Crippen LogP contribution in [0.5, 0.6) is 5.75 Å². The van der Waals surface area contributed by atoms with Crippen LogP contribution in [0.2, 0.25) is 5.02 Å². The first-order chi connectivity index (χ1) is 9.54. The summed E-state index contributed by atoms with van der Waals surface area (Å²) < 4.78 is 0. The van der Waals surface area contributed by atoms with Gasteiger partial charge in [0.2, 0.25) is 0 Å². The summed E-state index contributed by atoms with van der Waals surface area (Å²) in [5.41, 5.74) is 0.978. The molecule has 2 aliphatic rings. The number of hydrogen-bond acceptors (Lipinski definition) is 3. The van der Waals surface area contributed by atoms with Gasteiger partial charge in [0.05, 0.1) is 11.1 Å². The largest absolute Gasteiger partial charge is 0.506 e. The fourth-order valence-electron chi connectivity index (χ4n) is 4.00. The van der Waals surface area contributed by atoms with Crippen molar-refractivity contribution in [3.05, 3.63) is 28.8 Å². The Hall–Kier alpha value is -0.770. The van der Waals surface area contributed by atoms with Gasteiger partial charge in [0.25, 0.3) is 0 Å². The molecule has 3 nitrogen and oxygen atoms in total. The van der Waals surface area contributed by atoms with E-state index < -0.39 is 0 Å². The van der Waals surface area contributed by atoms with Crippen LogP contribution in [0.3, 0.4) is 0 Å². The zero-order valence-electron chi connectivity index (χ0n) is 11.8. The third kappa shape index (κ3) is 2.67. The molecule has 0 radical (unpaired) electrons. The van der Waals surface area contributed by atoms with E-state index in [1.54, 1.807) is 6.07 Å². The highest BCUT2D eigenvalue weighted by Crippen LogP contribution is 2.45. The van der Waals surface area contributed by atoms with Crippen LogP contribution in [-0.4, -0.2) is 34.3 Å². The molecule has 2 saturated carbocycles. The van der Waals surface area contributed by atoms with Crippen molar-refractivity contribution in [1.29, 1.82) is 0 Å². The molecule has 0 aromatic heterocycles. The van der Waals surface area contributed by atoms with Crippen LogP contribution >= 0.6 is 11.6 Å². The fraction of sp³-hybridized carbons (Fsp3) is 0.625. The molecule has 4 atom stereocenters. The molecule has 1 aromatic rings. The number of fused-ring (bicyclic) bond motifs is 1. The molecular formula is C16H22ClNO2. The molecule has 1 aromatic carbocycles. The average molecular weight is 296 g/mol. The topological polar surface area (TPSA) is 43.7 Å². The SMILES string of the molecule is CN(Cc1cccc(O)c1Cl)C1C[C@H]2CC(O)C[C@H]2C1. The van der Waals surface area contributed by atoms with Gasteiger partial charge in [-0.15, -0.1) is 0 Å². The van der Waals surface area contributed by atoms with E-state index in [1.807, 2.05) is 12.1 Å². The zero-order valence-corrected chi connectivity index (χ0v) is 12.6. The maximum absolute atomic E-state index is 9.70. The van der Waals surface area contributed by atoms with Crippen LogP contribution in [0.1, 0.15) is 31.2 Å². The maximum Gasteiger partial charge on any atom is 0.134 e. The van der Waals surface area contributed by atoms with Gasteiger partial charge in [0.15, 0.2) is 0 Å². The minimum absolute atomic E-state index is 0.0724. The van der Waals surface area contributed by atoms with E-state index in [0.717, 1.165) is 24.9 Å². The van der Waals surface area contributed by atoms with Gasteiger partial charge in [-0.25, -0.2) is 0 Å². The monoisotopic (exact) mass is 295 g/mol. The smallest absolute Gasteiger partial charge is 0.134 e. The van der Waals surface area contributed by atoms with Crippen LogP contribution in [0.15, 0.2) is 18.2 Å². The number of hydrogen-bond donors (Lipinski definition) is 2. The number of phenols is 1. The van der Waals surface area contributed by atoms with Gasteiger partial charge in [0.1, 0.15) is 5.75 Å². The Balaban J connectivity index is 1.63. The summed E-state index contributed by atoms with van der Waals surface area (Å²) in [6.07, 6.45) is 4.23. The van der Waals surface area contributed by atoms with Crippen LogP contribution < -0.4 is 0 Å². The number of rotatable bonds is 3. The molecule has 0 bridgehead atoms. The molecule has 3 rings (SSSR count). The third-order valence-corrected chi connectivity index (χ3v) is 5.50. The van der Waals surface area contributed by atoms with Crippen molar-refractivity contribution in [2.45, 2.75) is 44.4 Å². The molecule has 2 N–H and O–H groups in total. The molecule has 0 aliphatic heterocycles. The Morgan fingerprint density at radius 1 is 1.20 bits per heavy atom. The number of halogens is 1. The fourth-order valence-corrected chi connectivity index (χ4v) is 4.18. The molecule has 0 heterocycles. The molecular weight excluding hydrogens is 274 g/mol. The number of aromatic hydroxyl groups is 1. The first kappa shape index (κ1) is 14.2. The normalized spacial score (nSPS) is 32.8. The predicted molar refractivity (Wildman–Crippen MR) is 79.8 cm³/mol. The Labute approximate surface area is 125 Å². The lowest BCUT2D eigenvalue weighted by atomic mass is 10.0. The summed E-state index contributed by atoms with van der Waals surface area (Å²) in [5, 5.41) is 19.8. The van der Waals surface area contributed by atoms with E-state index in [-0.39, 0.29) is 11.9 Å². The second-order valence-electron chi connectivity index (χ2n) is 6.44. The molecule has 2 aliphatic carbocycles. The van der Waals surface area contributed by atoms with Crippen LogP contribution in [0.25, 0.3) is 0 Å². The number of aliphatic hydroxyl groups is 1. The minimum Gasteiger partial charge on any atom is -0.506 e. The van der Waals surface area contributed by atoms with E-state index in [2.05, 4.69) is 11.9 Å². The van der Waals surface area contributed by atoms with Crippen molar-refractivity contribution in [1.82, 2.24) is 4.90 Å². The minimum atomic E-state index is -0.0724. The summed E-state index contributed by atoms with van der Waals surface area (Å²) in [5.74, 6) is 1.54. The van der Waals surface area contributed by atoms with Crippen LogP contribution in [-0.2, 0) is 6.54 Å². The Morgan fingerprint density at radius 2 is 1.85 bits per heavy atom. The standard InChI is InChI=1S/C16H22ClNO2/c1-18(9-10-3-2-4-15(20)16(10)17)13-5-11-7-14(19)8-12(11)6-13/h2-4,11-14,19-20H,5-9H2,1H3/t11-,12+,13?,14?. The summed E-state index contributed by atoms with van der Waals surface area (Å²) in [4.78, 5) is 2.34. The van der Waals surface area contributed by atoms with Crippen molar-refractivity contribution in [3.8, 4) is 5.75 Å². The Morgan fingerprint density at radius 3 is 2.50 bits per heavy atom. The maximum atomic E-state index is 9.70. The van der Waals surface area contributed by atoms with Crippen molar-refractivity contribution in [2.24, 2.45) is 11.8 Å². The number of aliphatic hydroxyl groups excluding tert-OH is 1. The average Bonchev–Trinajstić information content (AvgIpc) is 2.92. The summed E-state index contributed by atoms with van der Waals surface area (Å²) in [6.45, 7) is 0.764. The second kappa shape index (κ2) is 5.55. The third-order valence-electron chi connectivity index (χ3n) is 5.07. The highest BCUT2D eigenvalue weighted by molar-refractivity contribution is 6.32. The van der Waals surface area contributed by atoms with E-state index in [1.165, 1.54) is 12.8 Å². The van der Waals surface area contributed by atoms with Gasteiger partial charge in [-0.2, -0.15) is 0 Å². The number of benzene rings is 1. The van der Waals surface area contributed by atoms with E-state index in [4.69, 9.17) is 11.6 Å². The van der Waals surface area contributed by atoms with Crippen molar-refractivity contribution in [2.75, 3.05) is 7.05 Å². The van der Waals surface area contributed by atoms with Crippen LogP contribution in [0.4, 0.5) is 0 Å². The van der Waals surface area contributed by atoms with Gasteiger partial charge in [-0.05, 0) is 56.2 Å². The van der Waals surface area contributed by atoms with Gasteiger partial charge >= 0.3 is 0 Å². The van der Waals surface area contributed by atoms with Crippen molar-refractivity contribution >= 4 is 11.6 Å². The van der Waals surface area contributed by atoms with E-state index in [9.17, 15) is 10.2 Å². The zero-order chi connectivity index (χ0) is 14.3. The molecule has 110 valence electrons. The number of nitrogens with zero attached hydrogens (tertiary/aromatic N) is 1. The molecule has 2 fully saturated rings. The lowest BCUT2D eigenvalue weighted by Gasteiger charge is -2.26. The van der Waals surface area contributed by atoms with E-state index >= 15 is 0 Å². The molecule has 2 unspecified atom stereocenters. The number of phenolic OH excluding ortho intramolecular Hbond substituents is 1. The van der Waals surface area contributed by atoms with Gasteiger partial charge < -0.3 is 10.2 Å². The van der Waals surface area contributed by atoms with Gasteiger partial charge in [-0.3, -0.25) is 4.90 Å². The van der Waals surface area contributed by atoms with Crippen LogP contribution in [0, 0.1) is 11.8 Å². The highest BCUT2D eigenvalue weighted by Gasteiger charge is 2.42. The molecule has 0 spiro atoms. The quantitative estimate of drug-likeness (QED) is 0.901. The van der Waals surface area contributed by atoms with Crippen molar-refractivity contribution in [3.63, 3.8) is 0 Å². The Bertz CT molecular complexity index is 479. The van der Waals surface area contributed by atoms with Gasteiger partial charge in [-0.1, -0.05) is 23.7 Å². The van der Waals surface area contributed by atoms with E-state index in [0.29, 0.717) is 22.9 Å². The summed E-state index contributed by atoms with van der Waals surface area (Å²) in [7, 11) is 2.13. The van der Waals surface area contributed by atoms with Crippen molar-refractivity contribution < 1.29 is 10.2 Å². The first-order valence-corrected chi connectivity index (χ1v) is 7.77.